The number of ether oxygens (including phenoxy) is 1. The quantitative estimate of drug-likeness (QED) is 0.0362. The molecule has 0 saturated carbocycles. The Morgan fingerprint density at radius 1 is 0.327 bits per heavy atom. The van der Waals surface area contributed by atoms with Gasteiger partial charge in [0.2, 0.25) is 0 Å². The standard InChI is InChI=1S/C47H92O2/c1-3-5-7-9-11-13-15-17-19-20-21-22-23-24-25-26-27-28-29-30-32-34-36-38-40-42-44-46-49-47(48)45-43-41-39-37-35-33-31-18-16-14-12-10-8-6-4-2/h14,16H,3-13,15,17-46H2,1-2H3/b16-14+. The van der Waals surface area contributed by atoms with Crippen LogP contribution in [0.5, 0.6) is 0 Å². The first-order chi connectivity index (χ1) is 24.3. The van der Waals surface area contributed by atoms with Crippen molar-refractivity contribution in [3.63, 3.8) is 0 Å². The number of carbonyl (C=O) groups is 1. The Balaban J connectivity index is 3.15. The predicted octanol–water partition coefficient (Wildman–Crippen LogP) is 17.1. The Labute approximate surface area is 310 Å². The fraction of sp³-hybridized carbons (Fsp3) is 0.936. The van der Waals surface area contributed by atoms with Crippen molar-refractivity contribution in [3.05, 3.63) is 12.2 Å². The summed E-state index contributed by atoms with van der Waals surface area (Å²) in [5.74, 6) is 0.0243. The van der Waals surface area contributed by atoms with Crippen molar-refractivity contribution < 1.29 is 9.53 Å². The molecule has 0 fully saturated rings. The summed E-state index contributed by atoms with van der Waals surface area (Å²) < 4.78 is 5.47. The van der Waals surface area contributed by atoms with Gasteiger partial charge in [0.1, 0.15) is 0 Å². The lowest BCUT2D eigenvalue weighted by Crippen LogP contribution is -2.05. The van der Waals surface area contributed by atoms with Crippen LogP contribution < -0.4 is 0 Å². The van der Waals surface area contributed by atoms with Crippen LogP contribution in [0.1, 0.15) is 277 Å². The van der Waals surface area contributed by atoms with Gasteiger partial charge in [-0.3, -0.25) is 4.79 Å². The van der Waals surface area contributed by atoms with Gasteiger partial charge in [0.25, 0.3) is 0 Å². The van der Waals surface area contributed by atoms with Crippen LogP contribution in [0.15, 0.2) is 12.2 Å². The molecule has 0 radical (unpaired) electrons. The molecule has 2 nitrogen and oxygen atoms in total. The third-order valence-corrected chi connectivity index (χ3v) is 10.7. The van der Waals surface area contributed by atoms with Gasteiger partial charge < -0.3 is 4.74 Å². The van der Waals surface area contributed by atoms with Crippen molar-refractivity contribution in [1.29, 1.82) is 0 Å². The topological polar surface area (TPSA) is 26.3 Å². The van der Waals surface area contributed by atoms with E-state index >= 15 is 0 Å². The largest absolute Gasteiger partial charge is 0.466 e. The van der Waals surface area contributed by atoms with Gasteiger partial charge in [0, 0.05) is 6.42 Å². The molecular formula is C47H92O2. The third kappa shape index (κ3) is 45.2. The Morgan fingerprint density at radius 2 is 0.571 bits per heavy atom. The number of esters is 1. The first-order valence-electron chi connectivity index (χ1n) is 23.1. The molecule has 0 amide bonds. The van der Waals surface area contributed by atoms with E-state index in [-0.39, 0.29) is 5.97 Å². The Bertz CT molecular complexity index is 626. The summed E-state index contributed by atoms with van der Waals surface area (Å²) in [6.07, 6.45) is 60.5. The van der Waals surface area contributed by atoms with Crippen LogP contribution in [0.2, 0.25) is 0 Å². The predicted molar refractivity (Wildman–Crippen MR) is 221 cm³/mol. The highest BCUT2D eigenvalue weighted by molar-refractivity contribution is 5.69. The number of hydrogen-bond donors (Lipinski definition) is 0. The summed E-state index contributed by atoms with van der Waals surface area (Å²) in [6, 6.07) is 0. The molecule has 0 aliphatic rings. The average Bonchev–Trinajstić information content (AvgIpc) is 3.11. The van der Waals surface area contributed by atoms with Crippen molar-refractivity contribution in [2.75, 3.05) is 6.61 Å². The Morgan fingerprint density at radius 3 is 0.898 bits per heavy atom. The highest BCUT2D eigenvalue weighted by atomic mass is 16.5. The smallest absolute Gasteiger partial charge is 0.305 e. The molecule has 2 heteroatoms. The minimum Gasteiger partial charge on any atom is -0.466 e. The molecule has 292 valence electrons. The fourth-order valence-corrected chi connectivity index (χ4v) is 7.19. The lowest BCUT2D eigenvalue weighted by atomic mass is 10.0. The Hall–Kier alpha value is -0.790. The van der Waals surface area contributed by atoms with Crippen molar-refractivity contribution in [2.24, 2.45) is 0 Å². The van der Waals surface area contributed by atoms with E-state index in [4.69, 9.17) is 4.74 Å². The Kier molecular flexibility index (Phi) is 44.5. The molecule has 0 unspecified atom stereocenters. The van der Waals surface area contributed by atoms with Gasteiger partial charge in [-0.15, -0.1) is 0 Å². The zero-order valence-corrected chi connectivity index (χ0v) is 34.2. The van der Waals surface area contributed by atoms with Crippen LogP contribution in [0.25, 0.3) is 0 Å². The molecule has 0 saturated heterocycles. The number of unbranched alkanes of at least 4 members (excludes halogenated alkanes) is 37. The second-order valence-corrected chi connectivity index (χ2v) is 15.7. The van der Waals surface area contributed by atoms with Crippen LogP contribution in [0, 0.1) is 0 Å². The van der Waals surface area contributed by atoms with Gasteiger partial charge in [-0.2, -0.15) is 0 Å². The van der Waals surface area contributed by atoms with E-state index < -0.39 is 0 Å². The van der Waals surface area contributed by atoms with Crippen LogP contribution in [-0.4, -0.2) is 12.6 Å². The van der Waals surface area contributed by atoms with Crippen LogP contribution >= 0.6 is 0 Å². The van der Waals surface area contributed by atoms with Crippen molar-refractivity contribution in [2.45, 2.75) is 277 Å². The SMILES string of the molecule is CCCCCC/C=C/CCCCCCCCCC(=O)OCCCCCCCCCCCCCCCCCCCCCCCCCCCCC. The number of hydrogen-bond acceptors (Lipinski definition) is 2. The number of allylic oxidation sites excluding steroid dienone is 2. The zero-order chi connectivity index (χ0) is 35.4. The molecule has 0 heterocycles. The van der Waals surface area contributed by atoms with Gasteiger partial charge in [-0.25, -0.2) is 0 Å². The maximum Gasteiger partial charge on any atom is 0.305 e. The second kappa shape index (κ2) is 45.2. The molecule has 0 bridgehead atoms. The van der Waals surface area contributed by atoms with E-state index in [1.54, 1.807) is 0 Å². The monoisotopic (exact) mass is 689 g/mol. The van der Waals surface area contributed by atoms with Crippen LogP contribution in [0.3, 0.4) is 0 Å². The summed E-state index contributed by atoms with van der Waals surface area (Å²) in [5.41, 5.74) is 0. The van der Waals surface area contributed by atoms with Crippen molar-refractivity contribution in [3.8, 4) is 0 Å². The van der Waals surface area contributed by atoms with E-state index in [0.29, 0.717) is 13.0 Å². The van der Waals surface area contributed by atoms with Crippen LogP contribution in [0.4, 0.5) is 0 Å². The summed E-state index contributed by atoms with van der Waals surface area (Å²) in [6.45, 7) is 5.21. The maximum atomic E-state index is 12.0. The second-order valence-electron chi connectivity index (χ2n) is 15.7. The summed E-state index contributed by atoms with van der Waals surface area (Å²) in [7, 11) is 0. The van der Waals surface area contributed by atoms with Gasteiger partial charge in [-0.05, 0) is 38.5 Å². The molecule has 0 rings (SSSR count). The van der Waals surface area contributed by atoms with Gasteiger partial charge in [0.15, 0.2) is 0 Å². The highest BCUT2D eigenvalue weighted by Gasteiger charge is 2.03. The molecule has 49 heavy (non-hydrogen) atoms. The fourth-order valence-electron chi connectivity index (χ4n) is 7.19. The maximum absolute atomic E-state index is 12.0. The third-order valence-electron chi connectivity index (χ3n) is 10.7. The summed E-state index contributed by atoms with van der Waals surface area (Å²) in [5, 5.41) is 0. The minimum absolute atomic E-state index is 0.0243. The molecular weight excluding hydrogens is 597 g/mol. The van der Waals surface area contributed by atoms with E-state index in [9.17, 15) is 4.79 Å². The molecule has 0 aromatic rings. The first kappa shape index (κ1) is 48.2. The number of rotatable bonds is 43. The average molecular weight is 689 g/mol. The normalized spacial score (nSPS) is 11.6. The van der Waals surface area contributed by atoms with Crippen molar-refractivity contribution in [1.82, 2.24) is 0 Å². The summed E-state index contributed by atoms with van der Waals surface area (Å²) >= 11 is 0. The molecule has 0 aliphatic carbocycles. The number of carbonyl (C=O) groups excluding carboxylic acids is 1. The van der Waals surface area contributed by atoms with E-state index in [2.05, 4.69) is 26.0 Å². The van der Waals surface area contributed by atoms with Crippen LogP contribution in [-0.2, 0) is 9.53 Å². The first-order valence-corrected chi connectivity index (χ1v) is 23.1. The van der Waals surface area contributed by atoms with Gasteiger partial charge >= 0.3 is 5.97 Å². The lowest BCUT2D eigenvalue weighted by Gasteiger charge is -2.06. The molecule has 0 aromatic carbocycles. The lowest BCUT2D eigenvalue weighted by molar-refractivity contribution is -0.143. The highest BCUT2D eigenvalue weighted by Crippen LogP contribution is 2.17. The molecule has 0 spiro atoms. The minimum atomic E-state index is 0.0243. The van der Waals surface area contributed by atoms with Gasteiger partial charge in [-0.1, -0.05) is 244 Å². The van der Waals surface area contributed by atoms with E-state index in [1.165, 1.54) is 244 Å². The van der Waals surface area contributed by atoms with Crippen molar-refractivity contribution >= 4 is 5.97 Å². The van der Waals surface area contributed by atoms with Gasteiger partial charge in [0.05, 0.1) is 6.61 Å². The molecule has 0 atom stereocenters. The van der Waals surface area contributed by atoms with E-state index in [1.807, 2.05) is 0 Å². The summed E-state index contributed by atoms with van der Waals surface area (Å²) in [4.78, 5) is 12.0. The molecule has 0 aliphatic heterocycles. The van der Waals surface area contributed by atoms with E-state index in [0.717, 1.165) is 12.8 Å². The zero-order valence-electron chi connectivity index (χ0n) is 34.2. The molecule has 0 aromatic heterocycles. The molecule has 0 N–H and O–H groups in total.